The number of hydrogen-bond acceptors (Lipinski definition) is 2. The fourth-order valence-electron chi connectivity index (χ4n) is 3.82. The molecule has 0 fully saturated rings. The zero-order valence-electron chi connectivity index (χ0n) is 15.4. The molecule has 4 rings (SSSR count). The molecule has 0 N–H and O–H groups in total. The van der Waals surface area contributed by atoms with Gasteiger partial charge in [0.25, 0.3) is 5.91 Å². The van der Waals surface area contributed by atoms with E-state index in [1.807, 2.05) is 52.9 Å². The first-order valence-electron chi connectivity index (χ1n) is 9.04. The summed E-state index contributed by atoms with van der Waals surface area (Å²) < 4.78 is 1.98. The Morgan fingerprint density at radius 3 is 2.69 bits per heavy atom. The van der Waals surface area contributed by atoms with Gasteiger partial charge in [-0.05, 0) is 62.6 Å². The molecule has 0 aliphatic carbocycles. The van der Waals surface area contributed by atoms with Gasteiger partial charge in [0, 0.05) is 23.0 Å². The molecular formula is C22H23N3O. The second kappa shape index (κ2) is 6.45. The number of anilines is 1. The molecule has 4 nitrogen and oxygen atoms in total. The molecule has 1 aliphatic heterocycles. The third-order valence-corrected chi connectivity index (χ3v) is 5.04. The van der Waals surface area contributed by atoms with Gasteiger partial charge in [0.15, 0.2) is 0 Å². The number of para-hydroxylation sites is 1. The molecule has 0 spiro atoms. The van der Waals surface area contributed by atoms with E-state index in [-0.39, 0.29) is 11.9 Å². The Bertz CT molecular complexity index is 973. The van der Waals surface area contributed by atoms with Gasteiger partial charge in [0.2, 0.25) is 0 Å². The number of hydrogen-bond donors (Lipinski definition) is 0. The van der Waals surface area contributed by atoms with Crippen LogP contribution in [0.1, 0.15) is 39.8 Å². The smallest absolute Gasteiger partial charge is 0.258 e. The van der Waals surface area contributed by atoms with Crippen molar-refractivity contribution in [2.24, 2.45) is 0 Å². The van der Waals surface area contributed by atoms with Crippen LogP contribution in [0, 0.1) is 13.8 Å². The molecule has 4 heteroatoms. The average Bonchev–Trinajstić information content (AvgIpc) is 3.12. The zero-order chi connectivity index (χ0) is 18.3. The van der Waals surface area contributed by atoms with Crippen LogP contribution in [0.5, 0.6) is 0 Å². The van der Waals surface area contributed by atoms with Gasteiger partial charge in [-0.1, -0.05) is 30.3 Å². The maximum absolute atomic E-state index is 13.2. The van der Waals surface area contributed by atoms with Crippen molar-refractivity contribution in [2.45, 2.75) is 39.8 Å². The van der Waals surface area contributed by atoms with E-state index in [9.17, 15) is 4.79 Å². The van der Waals surface area contributed by atoms with Crippen molar-refractivity contribution in [3.63, 3.8) is 0 Å². The predicted molar refractivity (Wildman–Crippen MR) is 104 cm³/mol. The molecule has 1 amide bonds. The Hall–Kier alpha value is -2.88. The van der Waals surface area contributed by atoms with Crippen molar-refractivity contribution in [3.8, 4) is 0 Å². The van der Waals surface area contributed by atoms with Gasteiger partial charge in [0.1, 0.15) is 0 Å². The monoisotopic (exact) mass is 345 g/mol. The Morgan fingerprint density at radius 1 is 1.12 bits per heavy atom. The van der Waals surface area contributed by atoms with Gasteiger partial charge >= 0.3 is 0 Å². The standard InChI is InChI=1S/C22H23N3O/c1-15-11-16(2)24(23-15)14-18-7-6-9-20(13-18)22(26)25-17(3)12-19-8-4-5-10-21(19)25/h4-11,13,17H,12,14H2,1-3H3/t17-/m0/s1. The summed E-state index contributed by atoms with van der Waals surface area (Å²) >= 11 is 0. The number of aromatic nitrogens is 2. The first kappa shape index (κ1) is 16.6. The summed E-state index contributed by atoms with van der Waals surface area (Å²) in [7, 11) is 0. The minimum absolute atomic E-state index is 0.0673. The first-order valence-corrected chi connectivity index (χ1v) is 9.04. The molecule has 2 aromatic carbocycles. The minimum Gasteiger partial charge on any atom is -0.305 e. The second-order valence-electron chi connectivity index (χ2n) is 7.14. The lowest BCUT2D eigenvalue weighted by Crippen LogP contribution is -2.35. The number of amides is 1. The van der Waals surface area contributed by atoms with Crippen molar-refractivity contribution in [1.82, 2.24) is 9.78 Å². The molecule has 0 saturated heterocycles. The van der Waals surface area contributed by atoms with Crippen molar-refractivity contribution in [3.05, 3.63) is 82.7 Å². The third-order valence-electron chi connectivity index (χ3n) is 5.04. The number of nitrogens with zero attached hydrogens (tertiary/aromatic N) is 3. The van der Waals surface area contributed by atoms with E-state index in [2.05, 4.69) is 37.1 Å². The van der Waals surface area contributed by atoms with Crippen molar-refractivity contribution in [2.75, 3.05) is 4.90 Å². The Kier molecular flexibility index (Phi) is 4.11. The number of aryl methyl sites for hydroxylation is 2. The van der Waals surface area contributed by atoms with Gasteiger partial charge in [0.05, 0.1) is 12.2 Å². The van der Waals surface area contributed by atoms with Gasteiger partial charge in [-0.25, -0.2) is 0 Å². The summed E-state index contributed by atoms with van der Waals surface area (Å²) in [5, 5.41) is 4.52. The average molecular weight is 345 g/mol. The molecule has 26 heavy (non-hydrogen) atoms. The van der Waals surface area contributed by atoms with Crippen LogP contribution < -0.4 is 4.90 Å². The van der Waals surface area contributed by atoms with E-state index in [0.29, 0.717) is 6.54 Å². The van der Waals surface area contributed by atoms with Crippen molar-refractivity contribution >= 4 is 11.6 Å². The highest BCUT2D eigenvalue weighted by Gasteiger charge is 2.31. The highest BCUT2D eigenvalue weighted by molar-refractivity contribution is 6.07. The molecular weight excluding hydrogens is 322 g/mol. The van der Waals surface area contributed by atoms with E-state index < -0.39 is 0 Å². The van der Waals surface area contributed by atoms with E-state index in [1.54, 1.807) is 0 Å². The summed E-state index contributed by atoms with van der Waals surface area (Å²) in [5.41, 5.74) is 6.23. The molecule has 0 unspecified atom stereocenters. The summed E-state index contributed by atoms with van der Waals surface area (Å²) in [5.74, 6) is 0.0673. The largest absolute Gasteiger partial charge is 0.305 e. The van der Waals surface area contributed by atoms with Crippen LogP contribution in [0.15, 0.2) is 54.6 Å². The number of benzene rings is 2. The highest BCUT2D eigenvalue weighted by atomic mass is 16.2. The van der Waals surface area contributed by atoms with Crippen LogP contribution in [0.2, 0.25) is 0 Å². The summed E-state index contributed by atoms with van der Waals surface area (Å²) in [6.45, 7) is 6.83. The van der Waals surface area contributed by atoms with Crippen LogP contribution in [-0.4, -0.2) is 21.7 Å². The molecule has 1 aliphatic rings. The maximum Gasteiger partial charge on any atom is 0.258 e. The Labute approximate surface area is 154 Å². The molecule has 0 saturated carbocycles. The lowest BCUT2D eigenvalue weighted by molar-refractivity contribution is 0.0981. The van der Waals surface area contributed by atoms with Gasteiger partial charge in [-0.2, -0.15) is 5.10 Å². The summed E-state index contributed by atoms with van der Waals surface area (Å²) in [4.78, 5) is 15.1. The van der Waals surface area contributed by atoms with Crippen LogP contribution in [0.4, 0.5) is 5.69 Å². The Morgan fingerprint density at radius 2 is 1.92 bits per heavy atom. The van der Waals surface area contributed by atoms with E-state index in [4.69, 9.17) is 0 Å². The molecule has 0 radical (unpaired) electrons. The fraction of sp³-hybridized carbons (Fsp3) is 0.273. The van der Waals surface area contributed by atoms with Gasteiger partial charge < -0.3 is 4.90 Å². The third kappa shape index (κ3) is 2.92. The Balaban J connectivity index is 1.62. The molecule has 0 bridgehead atoms. The summed E-state index contributed by atoms with van der Waals surface area (Å²) in [6, 6.07) is 18.3. The molecule has 3 aromatic rings. The summed E-state index contributed by atoms with van der Waals surface area (Å²) in [6.07, 6.45) is 0.910. The number of rotatable bonds is 3. The van der Waals surface area contributed by atoms with E-state index >= 15 is 0 Å². The SMILES string of the molecule is Cc1cc(C)n(Cc2cccc(C(=O)N3c4ccccc4C[C@@H]3C)c2)n1. The number of fused-ring (bicyclic) bond motifs is 1. The first-order chi connectivity index (χ1) is 12.5. The van der Waals surface area contributed by atoms with Crippen LogP contribution in [-0.2, 0) is 13.0 Å². The lowest BCUT2D eigenvalue weighted by atomic mass is 10.1. The molecule has 2 heterocycles. The van der Waals surface area contributed by atoms with Gasteiger partial charge in [-0.3, -0.25) is 9.48 Å². The highest BCUT2D eigenvalue weighted by Crippen LogP contribution is 2.33. The zero-order valence-corrected chi connectivity index (χ0v) is 15.4. The van der Waals surface area contributed by atoms with Gasteiger partial charge in [-0.15, -0.1) is 0 Å². The number of carbonyl (C=O) groups is 1. The maximum atomic E-state index is 13.2. The van der Waals surface area contributed by atoms with Crippen molar-refractivity contribution < 1.29 is 4.79 Å². The van der Waals surface area contributed by atoms with E-state index in [0.717, 1.165) is 34.6 Å². The predicted octanol–water partition coefficient (Wildman–Crippen LogP) is 4.14. The van der Waals surface area contributed by atoms with Crippen LogP contribution >= 0.6 is 0 Å². The quantitative estimate of drug-likeness (QED) is 0.715. The fourth-order valence-corrected chi connectivity index (χ4v) is 3.82. The molecule has 132 valence electrons. The molecule has 1 aromatic heterocycles. The lowest BCUT2D eigenvalue weighted by Gasteiger charge is -2.23. The minimum atomic E-state index is 0.0673. The number of carbonyl (C=O) groups excluding carboxylic acids is 1. The normalized spacial score (nSPS) is 16.0. The van der Waals surface area contributed by atoms with E-state index in [1.165, 1.54) is 5.56 Å². The molecule has 1 atom stereocenters. The van der Waals surface area contributed by atoms with Crippen LogP contribution in [0.25, 0.3) is 0 Å². The van der Waals surface area contributed by atoms with Crippen molar-refractivity contribution in [1.29, 1.82) is 0 Å². The second-order valence-corrected chi connectivity index (χ2v) is 7.14. The van der Waals surface area contributed by atoms with Crippen LogP contribution in [0.3, 0.4) is 0 Å². The topological polar surface area (TPSA) is 38.1 Å².